The van der Waals surface area contributed by atoms with Gasteiger partial charge in [-0.2, -0.15) is 0 Å². The average molecular weight is 254 g/mol. The molecule has 0 amide bonds. The molecular weight excluding hydrogens is 220 g/mol. The van der Waals surface area contributed by atoms with Gasteiger partial charge < -0.3 is 5.32 Å². The van der Waals surface area contributed by atoms with E-state index in [1.807, 2.05) is 0 Å². The topological polar surface area (TPSA) is 15.3 Å². The lowest BCUT2D eigenvalue weighted by atomic mass is 9.98. The Balaban J connectivity index is 2.59. The van der Waals surface area contributed by atoms with Gasteiger partial charge in [-0.05, 0) is 51.1 Å². The highest BCUT2D eigenvalue weighted by Crippen LogP contribution is 2.31. The van der Waals surface area contributed by atoms with Crippen LogP contribution in [0.25, 0.3) is 0 Å². The van der Waals surface area contributed by atoms with E-state index in [9.17, 15) is 0 Å². The zero-order chi connectivity index (χ0) is 13.4. The van der Waals surface area contributed by atoms with Crippen LogP contribution in [-0.4, -0.2) is 36.6 Å². The Morgan fingerprint density at radius 2 is 1.83 bits per heavy atom. The van der Waals surface area contributed by atoms with Gasteiger partial charge in [-0.25, -0.2) is 0 Å². The molecule has 0 saturated heterocycles. The lowest BCUT2D eigenvalue weighted by Crippen LogP contribution is -2.50. The van der Waals surface area contributed by atoms with E-state index in [-0.39, 0.29) is 0 Å². The molecule has 1 saturated carbocycles. The van der Waals surface area contributed by atoms with Gasteiger partial charge in [0.2, 0.25) is 0 Å². The van der Waals surface area contributed by atoms with Crippen LogP contribution < -0.4 is 5.32 Å². The van der Waals surface area contributed by atoms with E-state index >= 15 is 0 Å². The summed E-state index contributed by atoms with van der Waals surface area (Å²) in [6.07, 6.45) is 8.11. The van der Waals surface area contributed by atoms with Crippen molar-refractivity contribution in [2.24, 2.45) is 5.92 Å². The van der Waals surface area contributed by atoms with Crippen LogP contribution in [0.4, 0.5) is 0 Å². The second-order valence-corrected chi connectivity index (χ2v) is 5.87. The number of nitrogens with zero attached hydrogens (tertiary/aromatic N) is 1. The highest BCUT2D eigenvalue weighted by molar-refractivity contribution is 4.87. The molecule has 0 aliphatic heterocycles. The summed E-state index contributed by atoms with van der Waals surface area (Å²) in [6, 6.07) is 1.43. The summed E-state index contributed by atoms with van der Waals surface area (Å²) in [5.74, 6) is 1.01. The lowest BCUT2D eigenvalue weighted by Gasteiger charge is -2.37. The number of rotatable bonds is 11. The maximum atomic E-state index is 3.73. The van der Waals surface area contributed by atoms with Gasteiger partial charge in [-0.15, -0.1) is 0 Å². The van der Waals surface area contributed by atoms with Crippen LogP contribution in [0, 0.1) is 5.92 Å². The van der Waals surface area contributed by atoms with Crippen molar-refractivity contribution in [2.45, 2.75) is 78.3 Å². The van der Waals surface area contributed by atoms with Crippen molar-refractivity contribution in [3.05, 3.63) is 0 Å². The van der Waals surface area contributed by atoms with E-state index in [4.69, 9.17) is 0 Å². The van der Waals surface area contributed by atoms with Crippen molar-refractivity contribution in [1.82, 2.24) is 10.2 Å². The maximum Gasteiger partial charge on any atom is 0.0246 e. The molecule has 1 N–H and O–H groups in total. The fourth-order valence-corrected chi connectivity index (χ4v) is 3.11. The third-order valence-electron chi connectivity index (χ3n) is 4.12. The van der Waals surface area contributed by atoms with Gasteiger partial charge in [0.15, 0.2) is 0 Å². The molecule has 1 fully saturated rings. The first-order chi connectivity index (χ1) is 8.76. The van der Waals surface area contributed by atoms with Crippen LogP contribution >= 0.6 is 0 Å². The zero-order valence-electron chi connectivity index (χ0n) is 13.0. The van der Waals surface area contributed by atoms with Gasteiger partial charge in [-0.1, -0.05) is 34.1 Å². The predicted molar refractivity (Wildman–Crippen MR) is 81.0 cm³/mol. The van der Waals surface area contributed by atoms with E-state index in [1.54, 1.807) is 0 Å². The molecule has 108 valence electrons. The molecule has 0 spiro atoms. The lowest BCUT2D eigenvalue weighted by molar-refractivity contribution is 0.140. The molecule has 2 heteroatoms. The summed E-state index contributed by atoms with van der Waals surface area (Å²) < 4.78 is 0. The number of likely N-dealkylation sites (N-methyl/N-ethyl adjacent to an activating group) is 1. The molecule has 0 aromatic rings. The van der Waals surface area contributed by atoms with Crippen LogP contribution in [0.1, 0.15) is 66.2 Å². The minimum atomic E-state index is 0.690. The van der Waals surface area contributed by atoms with Crippen molar-refractivity contribution in [3.8, 4) is 0 Å². The Kier molecular flexibility index (Phi) is 7.92. The molecule has 1 rings (SSSR count). The molecule has 1 aliphatic carbocycles. The van der Waals surface area contributed by atoms with E-state index < -0.39 is 0 Å². The van der Waals surface area contributed by atoms with Gasteiger partial charge >= 0.3 is 0 Å². The summed E-state index contributed by atoms with van der Waals surface area (Å²) in [5.41, 5.74) is 0. The molecule has 18 heavy (non-hydrogen) atoms. The Morgan fingerprint density at radius 3 is 2.28 bits per heavy atom. The molecule has 2 unspecified atom stereocenters. The summed E-state index contributed by atoms with van der Waals surface area (Å²) in [4.78, 5) is 2.78. The van der Waals surface area contributed by atoms with Crippen LogP contribution in [-0.2, 0) is 0 Å². The minimum absolute atomic E-state index is 0.690. The van der Waals surface area contributed by atoms with Crippen LogP contribution in [0.3, 0.4) is 0 Å². The monoisotopic (exact) mass is 254 g/mol. The molecule has 2 atom stereocenters. The number of hydrogen-bond donors (Lipinski definition) is 1. The third kappa shape index (κ3) is 5.27. The Bertz CT molecular complexity index is 195. The van der Waals surface area contributed by atoms with E-state index in [1.165, 1.54) is 51.6 Å². The molecule has 0 radical (unpaired) electrons. The molecule has 0 aromatic carbocycles. The van der Waals surface area contributed by atoms with Crippen molar-refractivity contribution in [1.29, 1.82) is 0 Å². The summed E-state index contributed by atoms with van der Waals surface area (Å²) in [7, 11) is 0. The van der Waals surface area contributed by atoms with Crippen LogP contribution in [0.5, 0.6) is 0 Å². The van der Waals surface area contributed by atoms with Gasteiger partial charge in [0.25, 0.3) is 0 Å². The first-order valence-corrected chi connectivity index (χ1v) is 8.24. The van der Waals surface area contributed by atoms with Crippen molar-refractivity contribution in [3.63, 3.8) is 0 Å². The molecule has 0 bridgehead atoms. The van der Waals surface area contributed by atoms with Gasteiger partial charge in [0, 0.05) is 18.6 Å². The molecule has 2 nitrogen and oxygen atoms in total. The highest BCUT2D eigenvalue weighted by atomic mass is 15.2. The quantitative estimate of drug-likeness (QED) is 0.605. The standard InChI is InChI=1S/C16H34N2/c1-5-9-15(17-8-4)16(7-3)18(12-6-2)13-14-10-11-14/h14-17H,5-13H2,1-4H3. The van der Waals surface area contributed by atoms with Gasteiger partial charge in [0.05, 0.1) is 0 Å². The summed E-state index contributed by atoms with van der Waals surface area (Å²) >= 11 is 0. The Morgan fingerprint density at radius 1 is 1.11 bits per heavy atom. The molecular formula is C16H34N2. The van der Waals surface area contributed by atoms with Crippen LogP contribution in [0.2, 0.25) is 0 Å². The maximum absolute atomic E-state index is 3.73. The number of hydrogen-bond acceptors (Lipinski definition) is 2. The zero-order valence-corrected chi connectivity index (χ0v) is 13.0. The molecule has 0 aromatic heterocycles. The van der Waals surface area contributed by atoms with E-state index in [0.29, 0.717) is 6.04 Å². The SMILES string of the molecule is CCCC(NCC)C(CC)N(CCC)CC1CC1. The van der Waals surface area contributed by atoms with Crippen molar-refractivity contribution in [2.75, 3.05) is 19.6 Å². The first kappa shape index (κ1) is 16.0. The molecule has 0 heterocycles. The van der Waals surface area contributed by atoms with Crippen LogP contribution in [0.15, 0.2) is 0 Å². The van der Waals surface area contributed by atoms with Gasteiger partial charge in [0.1, 0.15) is 0 Å². The normalized spacial score (nSPS) is 19.2. The minimum Gasteiger partial charge on any atom is -0.313 e. The number of nitrogens with one attached hydrogen (secondary N) is 1. The summed E-state index contributed by atoms with van der Waals surface area (Å²) in [6.45, 7) is 12.9. The smallest absolute Gasteiger partial charge is 0.0246 e. The fourth-order valence-electron chi connectivity index (χ4n) is 3.11. The third-order valence-corrected chi connectivity index (χ3v) is 4.12. The fraction of sp³-hybridized carbons (Fsp3) is 1.00. The van der Waals surface area contributed by atoms with Gasteiger partial charge in [-0.3, -0.25) is 4.90 Å². The predicted octanol–water partition coefficient (Wildman–Crippen LogP) is 3.67. The first-order valence-electron chi connectivity index (χ1n) is 8.24. The van der Waals surface area contributed by atoms with Crippen molar-refractivity contribution >= 4 is 0 Å². The van der Waals surface area contributed by atoms with E-state index in [2.05, 4.69) is 37.9 Å². The summed E-state index contributed by atoms with van der Waals surface area (Å²) in [5, 5.41) is 3.73. The van der Waals surface area contributed by atoms with Crippen molar-refractivity contribution < 1.29 is 0 Å². The second kappa shape index (κ2) is 8.92. The highest BCUT2D eigenvalue weighted by Gasteiger charge is 2.30. The second-order valence-electron chi connectivity index (χ2n) is 5.87. The Labute approximate surface area is 115 Å². The largest absolute Gasteiger partial charge is 0.313 e. The average Bonchev–Trinajstić information content (AvgIpc) is 3.15. The Hall–Kier alpha value is -0.0800. The van der Waals surface area contributed by atoms with E-state index in [0.717, 1.165) is 18.5 Å². The molecule has 1 aliphatic rings.